The second-order valence-corrected chi connectivity index (χ2v) is 3.64. The molecule has 0 atom stereocenters. The number of anilines is 1. The largest absolute Gasteiger partial charge is 0.273 e. The molecule has 3 heteroatoms. The highest BCUT2D eigenvalue weighted by molar-refractivity contribution is 6.37. The Morgan fingerprint density at radius 1 is 1.38 bits per heavy atom. The van der Waals surface area contributed by atoms with Crippen LogP contribution in [0.3, 0.4) is 0 Å². The van der Waals surface area contributed by atoms with E-state index < -0.39 is 0 Å². The van der Waals surface area contributed by atoms with Crippen molar-refractivity contribution in [1.29, 1.82) is 0 Å². The third-order valence-corrected chi connectivity index (χ3v) is 2.64. The Bertz CT molecular complexity index is 362. The van der Waals surface area contributed by atoms with Gasteiger partial charge in [-0.3, -0.25) is 4.79 Å². The Hall–Kier alpha value is -1.02. The molecule has 0 unspecified atom stereocenters. The van der Waals surface area contributed by atoms with E-state index in [0.717, 1.165) is 17.7 Å². The molecule has 1 aliphatic rings. The Morgan fingerprint density at radius 3 is 2.92 bits per heavy atom. The lowest BCUT2D eigenvalue weighted by molar-refractivity contribution is -0.117. The number of amides is 1. The van der Waals surface area contributed by atoms with Crippen LogP contribution >= 0.6 is 11.8 Å². The van der Waals surface area contributed by atoms with Crippen LogP contribution in [0.2, 0.25) is 0 Å². The summed E-state index contributed by atoms with van der Waals surface area (Å²) in [5.74, 6) is -0.0157. The number of fused-ring (bicyclic) bond motifs is 1. The molecule has 2 nitrogen and oxygen atoms in total. The van der Waals surface area contributed by atoms with E-state index in [1.165, 1.54) is 9.98 Å². The standard InChI is InChI=1S/C10H10ClNO/c1-7-2-4-9-8(6-7)3-5-10(13)12(9)11/h2,4,6H,3,5H2,1H3. The fourth-order valence-corrected chi connectivity index (χ4v) is 1.83. The molecule has 0 bridgehead atoms. The Labute approximate surface area is 82.2 Å². The maximum absolute atomic E-state index is 11.2. The molecular formula is C10H10ClNO. The molecule has 1 amide bonds. The minimum absolute atomic E-state index is 0.0157. The summed E-state index contributed by atoms with van der Waals surface area (Å²) in [5, 5.41) is 0. The van der Waals surface area contributed by atoms with Gasteiger partial charge in [0.05, 0.1) is 5.69 Å². The molecule has 68 valence electrons. The molecule has 1 heterocycles. The van der Waals surface area contributed by atoms with Gasteiger partial charge in [-0.15, -0.1) is 0 Å². The maximum Gasteiger partial charge on any atom is 0.241 e. The molecule has 2 rings (SSSR count). The van der Waals surface area contributed by atoms with Crippen molar-refractivity contribution < 1.29 is 4.79 Å². The lowest BCUT2D eigenvalue weighted by Crippen LogP contribution is -2.26. The van der Waals surface area contributed by atoms with Crippen LogP contribution in [0.1, 0.15) is 17.5 Å². The number of hydrogen-bond donors (Lipinski definition) is 0. The van der Waals surface area contributed by atoms with Crippen LogP contribution in [0.25, 0.3) is 0 Å². The van der Waals surface area contributed by atoms with Crippen molar-refractivity contribution in [3.8, 4) is 0 Å². The van der Waals surface area contributed by atoms with Crippen molar-refractivity contribution in [3.05, 3.63) is 29.3 Å². The molecule has 1 aromatic carbocycles. The zero-order valence-electron chi connectivity index (χ0n) is 7.38. The first-order valence-corrected chi connectivity index (χ1v) is 4.60. The Balaban J connectivity index is 2.49. The van der Waals surface area contributed by atoms with Crippen LogP contribution in [-0.4, -0.2) is 5.91 Å². The summed E-state index contributed by atoms with van der Waals surface area (Å²) in [6.07, 6.45) is 1.32. The summed E-state index contributed by atoms with van der Waals surface area (Å²) in [6.45, 7) is 2.04. The predicted molar refractivity (Wildman–Crippen MR) is 52.8 cm³/mol. The molecule has 0 fully saturated rings. The van der Waals surface area contributed by atoms with Crippen molar-refractivity contribution in [3.63, 3.8) is 0 Å². The van der Waals surface area contributed by atoms with Crippen molar-refractivity contribution in [2.75, 3.05) is 4.42 Å². The molecule has 0 N–H and O–H groups in total. The number of nitrogens with zero attached hydrogens (tertiary/aromatic N) is 1. The zero-order valence-corrected chi connectivity index (χ0v) is 8.14. The fourth-order valence-electron chi connectivity index (χ4n) is 1.58. The van der Waals surface area contributed by atoms with Crippen LogP contribution in [0.4, 0.5) is 5.69 Å². The number of rotatable bonds is 0. The monoisotopic (exact) mass is 195 g/mol. The highest BCUT2D eigenvalue weighted by atomic mass is 35.5. The summed E-state index contributed by atoms with van der Waals surface area (Å²) >= 11 is 5.83. The van der Waals surface area contributed by atoms with Gasteiger partial charge >= 0.3 is 0 Å². The number of hydrogen-bond acceptors (Lipinski definition) is 1. The van der Waals surface area contributed by atoms with E-state index in [9.17, 15) is 4.79 Å². The second kappa shape index (κ2) is 3.04. The van der Waals surface area contributed by atoms with E-state index >= 15 is 0 Å². The highest BCUT2D eigenvalue weighted by Crippen LogP contribution is 2.29. The van der Waals surface area contributed by atoms with E-state index in [-0.39, 0.29) is 5.91 Å². The first kappa shape index (κ1) is 8.57. The molecule has 1 aliphatic heterocycles. The number of halogens is 1. The molecule has 0 aliphatic carbocycles. The third kappa shape index (κ3) is 1.42. The van der Waals surface area contributed by atoms with Gasteiger partial charge in [0.1, 0.15) is 0 Å². The van der Waals surface area contributed by atoms with E-state index in [2.05, 4.69) is 6.07 Å². The van der Waals surface area contributed by atoms with Gasteiger partial charge in [-0.1, -0.05) is 17.7 Å². The first-order valence-electron chi connectivity index (χ1n) is 4.27. The second-order valence-electron chi connectivity index (χ2n) is 3.31. The summed E-state index contributed by atoms with van der Waals surface area (Å²) in [7, 11) is 0. The van der Waals surface area contributed by atoms with E-state index in [1.807, 2.05) is 19.1 Å². The van der Waals surface area contributed by atoms with Gasteiger partial charge in [0.25, 0.3) is 0 Å². The van der Waals surface area contributed by atoms with Crippen molar-refractivity contribution >= 4 is 23.4 Å². The molecule has 0 aromatic heterocycles. The van der Waals surface area contributed by atoms with Crippen molar-refractivity contribution in [2.24, 2.45) is 0 Å². The fraction of sp³-hybridized carbons (Fsp3) is 0.300. The SMILES string of the molecule is Cc1ccc2c(c1)CCC(=O)N2Cl. The molecule has 13 heavy (non-hydrogen) atoms. The van der Waals surface area contributed by atoms with Crippen LogP contribution in [0.15, 0.2) is 18.2 Å². The lowest BCUT2D eigenvalue weighted by Gasteiger charge is -2.22. The normalized spacial score (nSPS) is 15.8. The minimum Gasteiger partial charge on any atom is -0.273 e. The molecular weight excluding hydrogens is 186 g/mol. The first-order chi connectivity index (χ1) is 6.18. The van der Waals surface area contributed by atoms with Crippen LogP contribution < -0.4 is 4.42 Å². The van der Waals surface area contributed by atoms with Gasteiger partial charge in [0.2, 0.25) is 5.91 Å². The van der Waals surface area contributed by atoms with E-state index in [1.54, 1.807) is 0 Å². The summed E-state index contributed by atoms with van der Waals surface area (Å²) in [5.41, 5.74) is 3.20. The minimum atomic E-state index is -0.0157. The number of benzene rings is 1. The van der Waals surface area contributed by atoms with E-state index in [0.29, 0.717) is 6.42 Å². The van der Waals surface area contributed by atoms with Crippen molar-refractivity contribution in [1.82, 2.24) is 0 Å². The number of carbonyl (C=O) groups excluding carboxylic acids is 1. The molecule has 0 spiro atoms. The number of carbonyl (C=O) groups is 1. The van der Waals surface area contributed by atoms with Gasteiger partial charge in [-0.2, -0.15) is 0 Å². The Morgan fingerprint density at radius 2 is 2.15 bits per heavy atom. The van der Waals surface area contributed by atoms with Crippen LogP contribution in [-0.2, 0) is 11.2 Å². The molecule has 0 radical (unpaired) electrons. The van der Waals surface area contributed by atoms with Gasteiger partial charge in [-0.25, -0.2) is 4.42 Å². The van der Waals surface area contributed by atoms with Gasteiger partial charge < -0.3 is 0 Å². The van der Waals surface area contributed by atoms with Crippen LogP contribution in [0.5, 0.6) is 0 Å². The number of aryl methyl sites for hydroxylation is 2. The molecule has 0 saturated carbocycles. The van der Waals surface area contributed by atoms with E-state index in [4.69, 9.17) is 11.8 Å². The van der Waals surface area contributed by atoms with Crippen molar-refractivity contribution in [2.45, 2.75) is 19.8 Å². The third-order valence-electron chi connectivity index (χ3n) is 2.27. The molecule has 0 saturated heterocycles. The average Bonchev–Trinajstić information content (AvgIpc) is 2.12. The Kier molecular flexibility index (Phi) is 2.00. The smallest absolute Gasteiger partial charge is 0.241 e. The van der Waals surface area contributed by atoms with Gasteiger partial charge in [0, 0.05) is 18.2 Å². The zero-order chi connectivity index (χ0) is 9.42. The highest BCUT2D eigenvalue weighted by Gasteiger charge is 2.22. The lowest BCUT2D eigenvalue weighted by atomic mass is 10.0. The topological polar surface area (TPSA) is 20.3 Å². The maximum atomic E-state index is 11.2. The summed E-state index contributed by atoms with van der Waals surface area (Å²) in [4.78, 5) is 11.2. The van der Waals surface area contributed by atoms with Gasteiger partial charge in [0.15, 0.2) is 0 Å². The summed E-state index contributed by atoms with van der Waals surface area (Å²) in [6, 6.07) is 5.94. The average molecular weight is 196 g/mol. The predicted octanol–water partition coefficient (Wildman–Crippen LogP) is 2.43. The quantitative estimate of drug-likeness (QED) is 0.583. The van der Waals surface area contributed by atoms with Crippen LogP contribution in [0, 0.1) is 6.92 Å². The molecule has 1 aromatic rings. The van der Waals surface area contributed by atoms with Gasteiger partial charge in [-0.05, 0) is 25.0 Å². The summed E-state index contributed by atoms with van der Waals surface area (Å²) < 4.78 is 1.22.